The number of rotatable bonds is 6. The number of carbonyl (C=O) groups excluding carboxylic acids is 3. The van der Waals surface area contributed by atoms with Gasteiger partial charge in [0.15, 0.2) is 0 Å². The van der Waals surface area contributed by atoms with Crippen LogP contribution in [0.25, 0.3) is 0 Å². The molecule has 0 unspecified atom stereocenters. The van der Waals surface area contributed by atoms with Crippen LogP contribution in [0, 0.1) is 0 Å². The zero-order valence-electron chi connectivity index (χ0n) is 19.9. The molecule has 2 aromatic carbocycles. The highest BCUT2D eigenvalue weighted by molar-refractivity contribution is 6.34. The predicted octanol–water partition coefficient (Wildman–Crippen LogP) is 5.37. The third-order valence-electron chi connectivity index (χ3n) is 4.34. The van der Waals surface area contributed by atoms with E-state index >= 15 is 0 Å². The smallest absolute Gasteiger partial charge is 0.337 e. The summed E-state index contributed by atoms with van der Waals surface area (Å²) in [5.41, 5.74) is 0.541. The van der Waals surface area contributed by atoms with Crippen LogP contribution in [0.2, 0.25) is 0 Å². The van der Waals surface area contributed by atoms with Crippen molar-refractivity contribution in [1.82, 2.24) is 5.32 Å². The van der Waals surface area contributed by atoms with Gasteiger partial charge in [0.1, 0.15) is 0 Å². The van der Waals surface area contributed by atoms with Gasteiger partial charge in [-0.15, -0.1) is 0 Å². The number of amides is 3. The number of nitrogens with one attached hydrogen (secondary N) is 1. The van der Waals surface area contributed by atoms with Crippen molar-refractivity contribution in [1.29, 1.82) is 0 Å². The topological polar surface area (TPSA) is 104 Å². The van der Waals surface area contributed by atoms with Crippen LogP contribution < -0.4 is 10.2 Å². The molecule has 2 N–H and O–H groups in total. The normalized spacial score (nSPS) is 12.2. The molecule has 0 atom stereocenters. The maximum absolute atomic E-state index is 12.8. The molecular formula is C27H30N2O5. The van der Waals surface area contributed by atoms with E-state index in [9.17, 15) is 24.3 Å². The number of carboxylic acid groups (broad SMARTS) is 1. The molecule has 1 aliphatic heterocycles. The van der Waals surface area contributed by atoms with E-state index in [1.165, 1.54) is 30.7 Å². The first-order valence-corrected chi connectivity index (χ1v) is 10.9. The standard InChI is InChI=1S/C22H16N2O5.C3H8.C2H6/c1-3-15(22(28)29)18(4-2)23-19(25)13-10-11-16-17(12-13)21(27)24(20(16)26)14-8-6-5-7-9-14;1-3-2;1-2/h3-12H,1-2H2,(H,23,25)(H,28,29);3H2,1-2H3;1-2H3/b18-15-;;. The molecule has 1 aliphatic rings. The molecule has 0 radical (unpaired) electrons. The minimum Gasteiger partial charge on any atom is -0.478 e. The average Bonchev–Trinajstić information content (AvgIpc) is 3.10. The Labute approximate surface area is 200 Å². The molecule has 0 fully saturated rings. The SMILES string of the molecule is C=C/C(NC(=O)c1ccc2c(c1)C(=O)N(c1ccccc1)C2=O)=C(\C=C)C(=O)O.CC.CCC. The number of carbonyl (C=O) groups is 4. The van der Waals surface area contributed by atoms with E-state index in [2.05, 4.69) is 32.3 Å². The van der Waals surface area contributed by atoms with Gasteiger partial charge >= 0.3 is 5.97 Å². The molecule has 0 bridgehead atoms. The highest BCUT2D eigenvalue weighted by Gasteiger charge is 2.37. The van der Waals surface area contributed by atoms with Crippen molar-refractivity contribution < 1.29 is 24.3 Å². The number of allylic oxidation sites excluding steroid dienone is 1. The molecule has 0 aromatic heterocycles. The molecule has 0 spiro atoms. The number of hydrogen-bond donors (Lipinski definition) is 2. The van der Waals surface area contributed by atoms with E-state index in [1.807, 2.05) is 13.8 Å². The van der Waals surface area contributed by atoms with Gasteiger partial charge in [0, 0.05) is 5.56 Å². The first-order valence-electron chi connectivity index (χ1n) is 10.9. The van der Waals surface area contributed by atoms with E-state index in [0.717, 1.165) is 11.0 Å². The van der Waals surface area contributed by atoms with Crippen LogP contribution in [0.3, 0.4) is 0 Å². The zero-order chi connectivity index (χ0) is 25.8. The van der Waals surface area contributed by atoms with Crippen LogP contribution in [-0.4, -0.2) is 28.8 Å². The molecule has 34 heavy (non-hydrogen) atoms. The number of carboxylic acids is 1. The second-order valence-corrected chi connectivity index (χ2v) is 6.74. The van der Waals surface area contributed by atoms with Crippen molar-refractivity contribution in [3.63, 3.8) is 0 Å². The summed E-state index contributed by atoms with van der Waals surface area (Å²) in [7, 11) is 0. The Balaban J connectivity index is 0.00000107. The van der Waals surface area contributed by atoms with Crippen molar-refractivity contribution in [2.75, 3.05) is 4.90 Å². The van der Waals surface area contributed by atoms with Gasteiger partial charge in [0.05, 0.1) is 28.1 Å². The maximum Gasteiger partial charge on any atom is 0.337 e. The molecule has 178 valence electrons. The van der Waals surface area contributed by atoms with Gasteiger partial charge in [0.25, 0.3) is 17.7 Å². The van der Waals surface area contributed by atoms with Gasteiger partial charge in [0.2, 0.25) is 0 Å². The van der Waals surface area contributed by atoms with Crippen LogP contribution in [0.5, 0.6) is 0 Å². The van der Waals surface area contributed by atoms with Crippen molar-refractivity contribution >= 4 is 29.4 Å². The Bertz CT molecular complexity index is 1120. The Kier molecular flexibility index (Phi) is 10.9. The first kappa shape index (κ1) is 27.8. The molecule has 3 rings (SSSR count). The van der Waals surface area contributed by atoms with Gasteiger partial charge in [-0.1, -0.05) is 71.5 Å². The van der Waals surface area contributed by atoms with Gasteiger partial charge in [-0.3, -0.25) is 14.4 Å². The van der Waals surface area contributed by atoms with Gasteiger partial charge in [-0.05, 0) is 36.4 Å². The lowest BCUT2D eigenvalue weighted by molar-refractivity contribution is -0.132. The molecule has 7 heteroatoms. The summed E-state index contributed by atoms with van der Waals surface area (Å²) in [6, 6.07) is 12.6. The van der Waals surface area contributed by atoms with Crippen LogP contribution in [0.1, 0.15) is 65.2 Å². The van der Waals surface area contributed by atoms with E-state index in [-0.39, 0.29) is 28.0 Å². The fourth-order valence-corrected chi connectivity index (χ4v) is 2.93. The molecule has 2 aromatic rings. The molecule has 0 aliphatic carbocycles. The number of hydrogen-bond acceptors (Lipinski definition) is 4. The highest BCUT2D eigenvalue weighted by Crippen LogP contribution is 2.29. The fraction of sp³-hybridized carbons (Fsp3) is 0.185. The van der Waals surface area contributed by atoms with Crippen molar-refractivity contribution in [3.8, 4) is 0 Å². The summed E-state index contributed by atoms with van der Waals surface area (Å²) in [6.45, 7) is 15.2. The number of imide groups is 1. The second-order valence-electron chi connectivity index (χ2n) is 6.74. The number of aliphatic carboxylic acids is 1. The van der Waals surface area contributed by atoms with Gasteiger partial charge in [-0.2, -0.15) is 0 Å². The highest BCUT2D eigenvalue weighted by atomic mass is 16.4. The van der Waals surface area contributed by atoms with Gasteiger partial charge in [-0.25, -0.2) is 9.69 Å². The molecule has 3 amide bonds. The number of benzene rings is 2. The fourth-order valence-electron chi connectivity index (χ4n) is 2.93. The molecule has 0 saturated heterocycles. The van der Waals surface area contributed by atoms with E-state index in [0.29, 0.717) is 5.69 Å². The van der Waals surface area contributed by atoms with Crippen LogP contribution in [-0.2, 0) is 4.79 Å². The molecule has 7 nitrogen and oxygen atoms in total. The first-order chi connectivity index (χ1) is 16.3. The average molecular weight is 463 g/mol. The third-order valence-corrected chi connectivity index (χ3v) is 4.34. The lowest BCUT2D eigenvalue weighted by Gasteiger charge is -2.13. The van der Waals surface area contributed by atoms with E-state index < -0.39 is 23.7 Å². The predicted molar refractivity (Wildman–Crippen MR) is 134 cm³/mol. The van der Waals surface area contributed by atoms with Crippen molar-refractivity contribution in [2.45, 2.75) is 34.1 Å². The van der Waals surface area contributed by atoms with Crippen molar-refractivity contribution in [3.05, 3.63) is 102 Å². The Morgan fingerprint density at radius 1 is 0.941 bits per heavy atom. The number of anilines is 1. The molecule has 1 heterocycles. The summed E-state index contributed by atoms with van der Waals surface area (Å²) in [4.78, 5) is 50.2. The largest absolute Gasteiger partial charge is 0.478 e. The van der Waals surface area contributed by atoms with Gasteiger partial charge < -0.3 is 10.4 Å². The lowest BCUT2D eigenvalue weighted by atomic mass is 10.0. The Morgan fingerprint density at radius 3 is 2.00 bits per heavy atom. The Morgan fingerprint density at radius 2 is 1.50 bits per heavy atom. The summed E-state index contributed by atoms with van der Waals surface area (Å²) in [5.74, 6) is -2.94. The number of para-hydroxylation sites is 1. The van der Waals surface area contributed by atoms with Crippen LogP contribution in [0.4, 0.5) is 5.69 Å². The minimum absolute atomic E-state index is 0.0358. The molecule has 0 saturated carbocycles. The van der Waals surface area contributed by atoms with E-state index in [1.54, 1.807) is 30.3 Å². The number of fused-ring (bicyclic) bond motifs is 1. The van der Waals surface area contributed by atoms with E-state index in [4.69, 9.17) is 0 Å². The third kappa shape index (κ3) is 6.16. The molecular weight excluding hydrogens is 432 g/mol. The zero-order valence-corrected chi connectivity index (χ0v) is 19.9. The minimum atomic E-state index is -1.27. The second kappa shape index (κ2) is 13.3. The summed E-state index contributed by atoms with van der Waals surface area (Å²) in [5, 5.41) is 11.6. The van der Waals surface area contributed by atoms with Crippen LogP contribution >= 0.6 is 0 Å². The number of nitrogens with zero attached hydrogens (tertiary/aromatic N) is 1. The summed E-state index contributed by atoms with van der Waals surface area (Å²) >= 11 is 0. The summed E-state index contributed by atoms with van der Waals surface area (Å²) in [6.07, 6.45) is 3.52. The lowest BCUT2D eigenvalue weighted by Crippen LogP contribution is -2.29. The Hall–Kier alpha value is -4.26. The maximum atomic E-state index is 12.8. The van der Waals surface area contributed by atoms with Crippen molar-refractivity contribution in [2.24, 2.45) is 0 Å². The quantitative estimate of drug-likeness (QED) is 0.341. The monoisotopic (exact) mass is 462 g/mol. The summed E-state index contributed by atoms with van der Waals surface area (Å²) < 4.78 is 0. The van der Waals surface area contributed by atoms with Crippen LogP contribution in [0.15, 0.2) is 85.1 Å².